The van der Waals surface area contributed by atoms with Crippen LogP contribution < -0.4 is 10.2 Å². The van der Waals surface area contributed by atoms with Crippen molar-refractivity contribution in [2.24, 2.45) is 0 Å². The molecule has 0 aliphatic carbocycles. The number of rotatable bonds is 5. The van der Waals surface area contributed by atoms with Crippen molar-refractivity contribution >= 4 is 33.3 Å². The molecule has 0 spiro atoms. The second-order valence-electron chi connectivity index (χ2n) is 6.42. The molecule has 1 N–H and O–H groups in total. The minimum Gasteiger partial charge on any atom is -0.454 e. The van der Waals surface area contributed by atoms with Gasteiger partial charge in [0.1, 0.15) is 6.04 Å². The lowest BCUT2D eigenvalue weighted by Gasteiger charge is -2.28. The largest absolute Gasteiger partial charge is 0.454 e. The summed E-state index contributed by atoms with van der Waals surface area (Å²) >= 11 is 0. The smallest absolute Gasteiger partial charge is 0.329 e. The van der Waals surface area contributed by atoms with Crippen molar-refractivity contribution in [2.75, 3.05) is 23.0 Å². The monoisotopic (exact) mass is 380 g/mol. The molecule has 2 aliphatic rings. The summed E-state index contributed by atoms with van der Waals surface area (Å²) in [5, 5.41) is 2.49. The van der Waals surface area contributed by atoms with Crippen molar-refractivity contribution in [3.63, 3.8) is 0 Å². The van der Waals surface area contributed by atoms with Crippen LogP contribution in [0.3, 0.4) is 0 Å². The standard InChI is InChI=1S/C17H20N2O6S/c20-15-7-6-14(18-15)17(22)25-10-16(21)19(12-4-2-1-3-5-12)13-8-9-26(23,24)11-13/h1-5,13-14H,6-11H2,(H,18,20)/t13-,14+/m1/s1. The Morgan fingerprint density at radius 3 is 2.50 bits per heavy atom. The summed E-state index contributed by atoms with van der Waals surface area (Å²) in [5.74, 6) is -1.45. The van der Waals surface area contributed by atoms with Crippen LogP contribution in [0.1, 0.15) is 19.3 Å². The van der Waals surface area contributed by atoms with Gasteiger partial charge in [-0.05, 0) is 25.0 Å². The zero-order valence-corrected chi connectivity index (χ0v) is 14.9. The summed E-state index contributed by atoms with van der Waals surface area (Å²) < 4.78 is 28.7. The summed E-state index contributed by atoms with van der Waals surface area (Å²) in [6.45, 7) is -0.503. The fourth-order valence-electron chi connectivity index (χ4n) is 3.22. The van der Waals surface area contributed by atoms with Crippen LogP contribution in [0.2, 0.25) is 0 Å². The van der Waals surface area contributed by atoms with Gasteiger partial charge < -0.3 is 15.0 Å². The van der Waals surface area contributed by atoms with E-state index in [1.165, 1.54) is 4.90 Å². The van der Waals surface area contributed by atoms with E-state index in [0.29, 0.717) is 18.5 Å². The minimum absolute atomic E-state index is 0.0299. The van der Waals surface area contributed by atoms with Crippen LogP contribution in [0, 0.1) is 0 Å². The summed E-state index contributed by atoms with van der Waals surface area (Å²) in [7, 11) is -3.18. The molecule has 1 aromatic carbocycles. The normalized spacial score (nSPS) is 24.1. The Bertz CT molecular complexity index is 808. The maximum absolute atomic E-state index is 12.7. The number of carbonyl (C=O) groups excluding carboxylic acids is 3. The molecule has 8 nitrogen and oxygen atoms in total. The Morgan fingerprint density at radius 2 is 1.92 bits per heavy atom. The number of sulfone groups is 1. The highest BCUT2D eigenvalue weighted by atomic mass is 32.2. The van der Waals surface area contributed by atoms with Crippen molar-refractivity contribution < 1.29 is 27.5 Å². The first kappa shape index (κ1) is 18.4. The summed E-state index contributed by atoms with van der Waals surface area (Å²) in [5.41, 5.74) is 0.560. The average molecular weight is 380 g/mol. The third kappa shape index (κ3) is 4.21. The number of nitrogens with one attached hydrogen (secondary N) is 1. The number of carbonyl (C=O) groups is 3. The molecule has 3 rings (SSSR count). The van der Waals surface area contributed by atoms with Gasteiger partial charge in [-0.3, -0.25) is 9.59 Å². The molecule has 0 radical (unpaired) electrons. The van der Waals surface area contributed by atoms with E-state index in [1.54, 1.807) is 30.3 Å². The Morgan fingerprint density at radius 1 is 1.19 bits per heavy atom. The second-order valence-corrected chi connectivity index (χ2v) is 8.65. The molecule has 2 fully saturated rings. The predicted octanol–water partition coefficient (Wildman–Crippen LogP) is 0.0285. The third-order valence-corrected chi connectivity index (χ3v) is 6.24. The van der Waals surface area contributed by atoms with Crippen molar-refractivity contribution in [1.82, 2.24) is 5.32 Å². The quantitative estimate of drug-likeness (QED) is 0.722. The molecule has 0 aromatic heterocycles. The van der Waals surface area contributed by atoms with Gasteiger partial charge in [0.05, 0.1) is 17.5 Å². The topological polar surface area (TPSA) is 110 Å². The molecule has 0 saturated carbocycles. The van der Waals surface area contributed by atoms with Gasteiger partial charge in [-0.15, -0.1) is 0 Å². The van der Waals surface area contributed by atoms with Gasteiger partial charge in [0.25, 0.3) is 5.91 Å². The van der Waals surface area contributed by atoms with E-state index in [1.807, 2.05) is 0 Å². The molecule has 140 valence electrons. The van der Waals surface area contributed by atoms with Crippen LogP contribution in [0.4, 0.5) is 5.69 Å². The molecule has 1 aromatic rings. The Labute approximate surface area is 151 Å². The number of anilines is 1. The van der Waals surface area contributed by atoms with E-state index >= 15 is 0 Å². The van der Waals surface area contributed by atoms with Crippen molar-refractivity contribution in [3.05, 3.63) is 30.3 Å². The molecule has 2 aliphatic heterocycles. The number of hydrogen-bond acceptors (Lipinski definition) is 6. The Hall–Kier alpha value is -2.42. The van der Waals surface area contributed by atoms with Crippen molar-refractivity contribution in [2.45, 2.75) is 31.3 Å². The van der Waals surface area contributed by atoms with E-state index in [2.05, 4.69) is 5.32 Å². The molecular weight excluding hydrogens is 360 g/mol. The number of para-hydroxylation sites is 1. The molecular formula is C17H20N2O6S. The van der Waals surface area contributed by atoms with Crippen LogP contribution in [-0.4, -0.2) is 56.4 Å². The molecule has 9 heteroatoms. The minimum atomic E-state index is -3.18. The van der Waals surface area contributed by atoms with Gasteiger partial charge in [0.2, 0.25) is 5.91 Å². The number of ether oxygens (including phenoxy) is 1. The first-order valence-corrected chi connectivity index (χ1v) is 10.2. The average Bonchev–Trinajstić information content (AvgIpc) is 3.19. The SMILES string of the molecule is O=C1CC[C@@H](C(=O)OCC(=O)N(c2ccccc2)[C@@H]2CCS(=O)(=O)C2)N1. The van der Waals surface area contributed by atoms with E-state index in [0.717, 1.165) is 0 Å². The van der Waals surface area contributed by atoms with E-state index in [9.17, 15) is 22.8 Å². The van der Waals surface area contributed by atoms with Gasteiger partial charge >= 0.3 is 5.97 Å². The third-order valence-electron chi connectivity index (χ3n) is 4.49. The van der Waals surface area contributed by atoms with E-state index in [-0.39, 0.29) is 23.8 Å². The lowest BCUT2D eigenvalue weighted by molar-refractivity contribution is -0.150. The highest BCUT2D eigenvalue weighted by Gasteiger charge is 2.36. The van der Waals surface area contributed by atoms with Gasteiger partial charge in [0.15, 0.2) is 16.4 Å². The van der Waals surface area contributed by atoms with Crippen LogP contribution in [0.5, 0.6) is 0 Å². The first-order valence-electron chi connectivity index (χ1n) is 8.39. The van der Waals surface area contributed by atoms with Gasteiger partial charge in [0, 0.05) is 12.1 Å². The number of nitrogens with zero attached hydrogens (tertiary/aromatic N) is 1. The molecule has 2 amide bonds. The van der Waals surface area contributed by atoms with Crippen LogP contribution in [-0.2, 0) is 29.0 Å². The van der Waals surface area contributed by atoms with Crippen molar-refractivity contribution in [1.29, 1.82) is 0 Å². The highest BCUT2D eigenvalue weighted by molar-refractivity contribution is 7.91. The lowest BCUT2D eigenvalue weighted by Crippen LogP contribution is -2.44. The molecule has 2 heterocycles. The first-order chi connectivity index (χ1) is 12.4. The summed E-state index contributed by atoms with van der Waals surface area (Å²) in [6, 6.07) is 7.50. The molecule has 2 atom stereocenters. The zero-order chi connectivity index (χ0) is 18.7. The predicted molar refractivity (Wildman–Crippen MR) is 93.1 cm³/mol. The van der Waals surface area contributed by atoms with Crippen LogP contribution in [0.15, 0.2) is 30.3 Å². The summed E-state index contributed by atoms with van der Waals surface area (Å²) in [4.78, 5) is 37.2. The van der Waals surface area contributed by atoms with Gasteiger partial charge in [-0.1, -0.05) is 18.2 Å². The molecule has 2 saturated heterocycles. The molecule has 0 bridgehead atoms. The zero-order valence-electron chi connectivity index (χ0n) is 14.1. The number of hydrogen-bond donors (Lipinski definition) is 1. The maximum Gasteiger partial charge on any atom is 0.329 e. The van der Waals surface area contributed by atoms with E-state index < -0.39 is 40.4 Å². The van der Waals surface area contributed by atoms with Gasteiger partial charge in [-0.2, -0.15) is 0 Å². The van der Waals surface area contributed by atoms with Crippen molar-refractivity contribution in [3.8, 4) is 0 Å². The Balaban J connectivity index is 1.69. The summed E-state index contributed by atoms with van der Waals surface area (Å²) in [6.07, 6.45) is 0.939. The molecule has 26 heavy (non-hydrogen) atoms. The number of benzene rings is 1. The number of esters is 1. The number of amides is 2. The van der Waals surface area contributed by atoms with E-state index in [4.69, 9.17) is 4.74 Å². The maximum atomic E-state index is 12.7. The lowest BCUT2D eigenvalue weighted by atomic mass is 10.2. The van der Waals surface area contributed by atoms with Gasteiger partial charge in [-0.25, -0.2) is 13.2 Å². The molecule has 0 unspecified atom stereocenters. The fourth-order valence-corrected chi connectivity index (χ4v) is 4.92. The van der Waals surface area contributed by atoms with Crippen LogP contribution in [0.25, 0.3) is 0 Å². The highest BCUT2D eigenvalue weighted by Crippen LogP contribution is 2.24. The Kier molecular flexibility index (Phi) is 5.26. The van der Waals surface area contributed by atoms with Crippen LogP contribution >= 0.6 is 0 Å². The fraction of sp³-hybridized carbons (Fsp3) is 0.471. The second kappa shape index (κ2) is 7.45.